The molecule has 0 aromatic heterocycles. The molecule has 3 N–H and O–H groups in total. The molecule has 0 spiro atoms. The number of nitrogens with one attached hydrogen (secondary N) is 1. The molecule has 0 radical (unpaired) electrons. The number of primary amides is 1. The van der Waals surface area contributed by atoms with Crippen molar-refractivity contribution in [3.8, 4) is 6.07 Å². The number of amides is 2. The zero-order chi connectivity index (χ0) is 36.2. The van der Waals surface area contributed by atoms with Crippen molar-refractivity contribution >= 4 is 30.1 Å². The molecule has 0 fully saturated rings. The Labute approximate surface area is 278 Å². The first-order valence-corrected chi connectivity index (χ1v) is 14.8. The number of hydrogen-bond donors (Lipinski definition) is 2. The van der Waals surface area contributed by atoms with E-state index in [0.717, 1.165) is 53.0 Å². The Morgan fingerprint density at radius 3 is 2.29 bits per heavy atom. The van der Waals surface area contributed by atoms with Gasteiger partial charge in [0, 0.05) is 31.3 Å². The fourth-order valence-electron chi connectivity index (χ4n) is 5.47. The second-order valence-corrected chi connectivity index (χ2v) is 11.5. The lowest BCUT2D eigenvalue weighted by atomic mass is 9.87. The summed E-state index contributed by atoms with van der Waals surface area (Å²) < 4.78 is 55.5. The topological polar surface area (TPSA) is 159 Å². The van der Waals surface area contributed by atoms with Gasteiger partial charge >= 0.3 is 18.2 Å². The summed E-state index contributed by atoms with van der Waals surface area (Å²) in [7, 11) is 8.31. The van der Waals surface area contributed by atoms with Gasteiger partial charge in [-0.1, -0.05) is 12.1 Å². The van der Waals surface area contributed by atoms with Gasteiger partial charge in [0.25, 0.3) is 6.47 Å². The van der Waals surface area contributed by atoms with Crippen LogP contribution in [0, 0.1) is 16.7 Å². The maximum absolute atomic E-state index is 13.6. The largest absolute Gasteiger partial charge is 0.471 e. The van der Waals surface area contributed by atoms with Gasteiger partial charge in [-0.3, -0.25) is 20.0 Å². The smallest absolute Gasteiger partial charge is 0.416 e. The summed E-state index contributed by atoms with van der Waals surface area (Å²) in [4.78, 5) is 37.2. The highest BCUT2D eigenvalue weighted by Gasteiger charge is 2.44. The third kappa shape index (κ3) is 9.79. The number of nitrogens with zero attached hydrogens (tertiary/aromatic N) is 4. The van der Waals surface area contributed by atoms with E-state index in [2.05, 4.69) is 24.9 Å². The number of anilines is 1. The molecule has 15 heteroatoms. The van der Waals surface area contributed by atoms with Gasteiger partial charge in [-0.2, -0.15) is 18.4 Å². The molecule has 12 nitrogen and oxygen atoms in total. The third-order valence-corrected chi connectivity index (χ3v) is 7.76. The number of guanidine groups is 1. The summed E-state index contributed by atoms with van der Waals surface area (Å²) in [6.07, 6.45) is -2.63. The number of hydrogen-bond acceptors (Lipinski definition) is 8. The van der Waals surface area contributed by atoms with E-state index in [1.807, 2.05) is 0 Å². The lowest BCUT2D eigenvalue weighted by Gasteiger charge is -2.43. The zero-order valence-electron chi connectivity index (χ0n) is 27.9. The number of nitriles is 1. The highest BCUT2D eigenvalue weighted by atomic mass is 19.4. The summed E-state index contributed by atoms with van der Waals surface area (Å²) in [5.74, 6) is -1.40. The minimum Gasteiger partial charge on any atom is -0.471 e. The van der Waals surface area contributed by atoms with Crippen molar-refractivity contribution in [2.45, 2.75) is 38.4 Å². The maximum atomic E-state index is 13.6. The van der Waals surface area contributed by atoms with E-state index in [1.165, 1.54) is 32.2 Å². The van der Waals surface area contributed by atoms with Crippen LogP contribution in [-0.2, 0) is 36.4 Å². The minimum absolute atomic E-state index is 0.0821. The third-order valence-electron chi connectivity index (χ3n) is 7.76. The van der Waals surface area contributed by atoms with Gasteiger partial charge in [-0.05, 0) is 54.8 Å². The number of urea groups is 1. The van der Waals surface area contributed by atoms with E-state index in [9.17, 15) is 28.0 Å². The van der Waals surface area contributed by atoms with E-state index >= 15 is 0 Å². The van der Waals surface area contributed by atoms with Crippen LogP contribution in [0.2, 0.25) is 0 Å². The number of esters is 1. The summed E-state index contributed by atoms with van der Waals surface area (Å²) in [5, 5.41) is 18.6. The number of nitrogens with two attached hydrogens (primary N) is 1. The first-order valence-electron chi connectivity index (χ1n) is 14.8. The molecule has 1 aliphatic heterocycles. The summed E-state index contributed by atoms with van der Waals surface area (Å²) >= 11 is 0. The molecule has 1 heterocycles. The van der Waals surface area contributed by atoms with Crippen molar-refractivity contribution < 1.29 is 46.2 Å². The van der Waals surface area contributed by atoms with E-state index < -0.39 is 35.7 Å². The highest BCUT2D eigenvalue weighted by Crippen LogP contribution is 2.42. The Kier molecular flexibility index (Phi) is 14.1. The van der Waals surface area contributed by atoms with Gasteiger partial charge in [0.05, 0.1) is 70.8 Å². The number of carbonyl (C=O) groups is 3. The molecule has 3 rings (SSSR count). The molecule has 48 heavy (non-hydrogen) atoms. The molecule has 0 saturated carbocycles. The second kappa shape index (κ2) is 17.3. The number of halogens is 3. The lowest BCUT2D eigenvalue weighted by Crippen LogP contribution is -2.55. The number of rotatable bonds is 12. The van der Waals surface area contributed by atoms with Crippen LogP contribution >= 0.6 is 0 Å². The summed E-state index contributed by atoms with van der Waals surface area (Å²) in [6, 6.07) is 8.81. The number of carbonyl (C=O) groups excluding carboxylic acids is 3. The molecule has 2 amide bonds. The highest BCUT2D eigenvalue weighted by molar-refractivity contribution is 6.10. The second-order valence-electron chi connectivity index (χ2n) is 11.5. The molecule has 2 aromatic carbocycles. The number of ether oxygens (including phenoxy) is 3. The molecule has 0 saturated heterocycles. The van der Waals surface area contributed by atoms with E-state index in [1.54, 1.807) is 19.2 Å². The fraction of sp³-hybridized carbons (Fsp3) is 0.424. The van der Waals surface area contributed by atoms with Crippen molar-refractivity contribution in [2.75, 3.05) is 60.0 Å². The van der Waals surface area contributed by atoms with Crippen molar-refractivity contribution in [3.63, 3.8) is 0 Å². The maximum Gasteiger partial charge on any atom is 0.416 e. The minimum atomic E-state index is -4.67. The van der Waals surface area contributed by atoms with Gasteiger partial charge in [0.2, 0.25) is 5.96 Å². The van der Waals surface area contributed by atoms with Gasteiger partial charge in [0.15, 0.2) is 0 Å². The molecular formula is C33H42F3N6O6+. The predicted molar refractivity (Wildman–Crippen MR) is 171 cm³/mol. The average molecular weight is 676 g/mol. The Bertz CT molecular complexity index is 1550. The molecule has 0 aliphatic carbocycles. The van der Waals surface area contributed by atoms with Crippen molar-refractivity contribution in [1.29, 1.82) is 10.7 Å². The van der Waals surface area contributed by atoms with Crippen LogP contribution in [0.15, 0.2) is 53.7 Å². The molecule has 2 aromatic rings. The van der Waals surface area contributed by atoms with Crippen molar-refractivity contribution in [1.82, 2.24) is 4.90 Å². The predicted octanol–water partition coefficient (Wildman–Crippen LogP) is 4.74. The molecule has 0 unspecified atom stereocenters. The van der Waals surface area contributed by atoms with Crippen LogP contribution in [0.25, 0.3) is 0 Å². The van der Waals surface area contributed by atoms with E-state index in [4.69, 9.17) is 25.4 Å². The Balaban J connectivity index is 0.00000189. The SMILES string of the molecule is COC=O.COCCC[N+](C)(C)CCCc1cc(C#N)ccc1[C@@H]1C(C(=O)OC)=C(C)N(c2cccc(C(F)(F)F)c2)C(=N)N1C(N)=O. The number of allylic oxidation sites excluding steroid dienone is 1. The normalized spacial score (nSPS) is 14.9. The van der Waals surface area contributed by atoms with Crippen molar-refractivity contribution in [2.24, 2.45) is 5.73 Å². The lowest BCUT2D eigenvalue weighted by molar-refractivity contribution is -0.890. The Hall–Kier alpha value is -4.94. The molecule has 1 aliphatic rings. The monoisotopic (exact) mass is 675 g/mol. The first-order chi connectivity index (χ1) is 22.6. The number of alkyl halides is 3. The number of aryl methyl sites for hydroxylation is 1. The van der Waals surface area contributed by atoms with Gasteiger partial charge in [-0.15, -0.1) is 0 Å². The Morgan fingerprint density at radius 2 is 1.75 bits per heavy atom. The van der Waals surface area contributed by atoms with Crippen molar-refractivity contribution in [3.05, 3.63) is 76.0 Å². The zero-order valence-corrected chi connectivity index (χ0v) is 27.9. The first kappa shape index (κ1) is 39.2. The Morgan fingerprint density at radius 1 is 1.10 bits per heavy atom. The number of benzene rings is 2. The average Bonchev–Trinajstić information content (AvgIpc) is 3.03. The molecule has 1 atom stereocenters. The van der Waals surface area contributed by atoms with Gasteiger partial charge in [0.1, 0.15) is 6.04 Å². The number of quaternary nitrogens is 1. The van der Waals surface area contributed by atoms with Gasteiger partial charge < -0.3 is 24.4 Å². The summed E-state index contributed by atoms with van der Waals surface area (Å²) in [5.41, 5.74) is 6.20. The standard InChI is InChI=1S/C31H37F3N6O4.C2H4O2/c1-20-26(28(41)44-5)27(39(30(37)42)29(36)38(20)24-11-6-10-23(18-24)31(32,33)34)25-13-12-21(19-35)17-22(25)9-7-14-40(2,3)15-8-16-43-4;1-4-2-3/h6,10-13,17-18,27,36H,7-9,14-16H2,1-5H3,(H-,37,42);2H,1H3/p+1/t27-;/m1./s1. The van der Waals surface area contributed by atoms with Crippen LogP contribution in [0.5, 0.6) is 0 Å². The molecule has 0 bridgehead atoms. The number of methoxy groups -OCH3 is 3. The van der Waals surface area contributed by atoms with Gasteiger partial charge in [-0.25, -0.2) is 9.59 Å². The quantitative estimate of drug-likeness (QED) is 0.141. The fourth-order valence-corrected chi connectivity index (χ4v) is 5.47. The van der Waals surface area contributed by atoms with E-state index in [0.29, 0.717) is 42.6 Å². The molecule has 260 valence electrons. The van der Waals surface area contributed by atoms with Crippen LogP contribution in [0.1, 0.15) is 48.1 Å². The van der Waals surface area contributed by atoms with Crippen LogP contribution in [0.4, 0.5) is 23.7 Å². The van der Waals surface area contributed by atoms with Crippen LogP contribution < -0.4 is 10.6 Å². The summed E-state index contributed by atoms with van der Waals surface area (Å²) in [6.45, 7) is 4.15. The van der Waals surface area contributed by atoms with E-state index in [-0.39, 0.29) is 17.0 Å². The van der Waals surface area contributed by atoms with Crippen LogP contribution in [-0.4, -0.2) is 88.9 Å². The molecular weight excluding hydrogens is 633 g/mol. The van der Waals surface area contributed by atoms with Crippen LogP contribution in [0.3, 0.4) is 0 Å².